The number of aryl methyl sites for hydroxylation is 1. The second kappa shape index (κ2) is 7.03. The van der Waals surface area contributed by atoms with E-state index in [1.54, 1.807) is 6.07 Å². The third-order valence-corrected chi connectivity index (χ3v) is 3.61. The molecule has 0 saturated carbocycles. The fourth-order valence-corrected chi connectivity index (χ4v) is 2.73. The van der Waals surface area contributed by atoms with Crippen molar-refractivity contribution in [3.63, 3.8) is 0 Å². The Kier molecular flexibility index (Phi) is 5.36. The highest BCUT2D eigenvalue weighted by atomic mass is 79.9. The lowest BCUT2D eigenvalue weighted by molar-refractivity contribution is 0.0322. The van der Waals surface area contributed by atoms with Crippen molar-refractivity contribution in [2.45, 2.75) is 6.92 Å². The Morgan fingerprint density at radius 1 is 1.42 bits per heavy atom. The van der Waals surface area contributed by atoms with Crippen LogP contribution in [0.25, 0.3) is 0 Å². The van der Waals surface area contributed by atoms with Gasteiger partial charge in [0, 0.05) is 24.1 Å². The average Bonchev–Trinajstić information content (AvgIpc) is 2.42. The van der Waals surface area contributed by atoms with Crippen LogP contribution in [0, 0.1) is 6.92 Å². The highest BCUT2D eigenvalue weighted by Gasteiger charge is 2.12. The molecular formula is C14H18BrNO3. The number of morpholine rings is 1. The van der Waals surface area contributed by atoms with Gasteiger partial charge in [0.15, 0.2) is 6.29 Å². The fourth-order valence-electron chi connectivity index (χ4n) is 2.14. The van der Waals surface area contributed by atoms with E-state index in [0.29, 0.717) is 17.9 Å². The van der Waals surface area contributed by atoms with E-state index in [2.05, 4.69) is 20.8 Å². The fraction of sp³-hybridized carbons (Fsp3) is 0.500. The molecule has 4 nitrogen and oxygen atoms in total. The van der Waals surface area contributed by atoms with E-state index in [0.717, 1.165) is 49.2 Å². The zero-order valence-corrected chi connectivity index (χ0v) is 12.6. The summed E-state index contributed by atoms with van der Waals surface area (Å²) in [4.78, 5) is 13.4. The Morgan fingerprint density at radius 3 is 2.84 bits per heavy atom. The average molecular weight is 328 g/mol. The van der Waals surface area contributed by atoms with Crippen molar-refractivity contribution < 1.29 is 14.3 Å². The molecule has 1 heterocycles. The molecular weight excluding hydrogens is 310 g/mol. The molecule has 1 aliphatic heterocycles. The third-order valence-electron chi connectivity index (χ3n) is 3.15. The Balaban J connectivity index is 1.93. The molecule has 19 heavy (non-hydrogen) atoms. The minimum Gasteiger partial charge on any atom is -0.491 e. The number of hydrogen-bond donors (Lipinski definition) is 0. The summed E-state index contributed by atoms with van der Waals surface area (Å²) in [6, 6.07) is 3.74. The minimum absolute atomic E-state index is 0.587. The summed E-state index contributed by atoms with van der Waals surface area (Å²) in [7, 11) is 0. The summed E-state index contributed by atoms with van der Waals surface area (Å²) in [6.07, 6.45) is 0.835. The Hall–Kier alpha value is -0.910. The van der Waals surface area contributed by atoms with Crippen molar-refractivity contribution in [1.29, 1.82) is 0 Å². The summed E-state index contributed by atoms with van der Waals surface area (Å²) < 4.78 is 12.0. The van der Waals surface area contributed by atoms with E-state index in [4.69, 9.17) is 9.47 Å². The SMILES string of the molecule is Cc1cc(Br)cc(C=O)c1OCCN1CCOCC1. The van der Waals surface area contributed by atoms with E-state index in [1.165, 1.54) is 0 Å². The van der Waals surface area contributed by atoms with Crippen molar-refractivity contribution in [1.82, 2.24) is 4.90 Å². The molecule has 0 N–H and O–H groups in total. The molecule has 0 radical (unpaired) electrons. The third kappa shape index (κ3) is 4.03. The van der Waals surface area contributed by atoms with Crippen LogP contribution in [0.2, 0.25) is 0 Å². The maximum atomic E-state index is 11.1. The first-order chi connectivity index (χ1) is 9.20. The number of ether oxygens (including phenoxy) is 2. The van der Waals surface area contributed by atoms with Gasteiger partial charge in [-0.3, -0.25) is 9.69 Å². The molecule has 1 fully saturated rings. The molecule has 0 spiro atoms. The quantitative estimate of drug-likeness (QED) is 0.778. The molecule has 0 atom stereocenters. The Labute approximate surface area is 121 Å². The lowest BCUT2D eigenvalue weighted by Gasteiger charge is -2.26. The second-order valence-corrected chi connectivity index (χ2v) is 5.48. The number of nitrogens with zero attached hydrogens (tertiary/aromatic N) is 1. The molecule has 0 bridgehead atoms. The van der Waals surface area contributed by atoms with Crippen LogP contribution in [0.5, 0.6) is 5.75 Å². The molecule has 1 aromatic carbocycles. The molecule has 1 saturated heterocycles. The van der Waals surface area contributed by atoms with E-state index >= 15 is 0 Å². The predicted octanol–water partition coefficient (Wildman–Crippen LogP) is 2.28. The van der Waals surface area contributed by atoms with Crippen LogP contribution < -0.4 is 4.74 Å². The molecule has 1 aromatic rings. The minimum atomic E-state index is 0.587. The first-order valence-electron chi connectivity index (χ1n) is 6.39. The van der Waals surface area contributed by atoms with E-state index < -0.39 is 0 Å². The molecule has 104 valence electrons. The summed E-state index contributed by atoms with van der Waals surface area (Å²) in [5.74, 6) is 0.687. The second-order valence-electron chi connectivity index (χ2n) is 4.56. The van der Waals surface area contributed by atoms with Crippen LogP contribution in [0.4, 0.5) is 0 Å². The Morgan fingerprint density at radius 2 is 2.16 bits per heavy atom. The number of carbonyl (C=O) groups is 1. The number of rotatable bonds is 5. The molecule has 0 unspecified atom stereocenters. The number of hydrogen-bond acceptors (Lipinski definition) is 4. The van der Waals surface area contributed by atoms with Gasteiger partial charge in [0.25, 0.3) is 0 Å². The molecule has 2 rings (SSSR count). The van der Waals surface area contributed by atoms with Crippen LogP contribution in [0.3, 0.4) is 0 Å². The zero-order chi connectivity index (χ0) is 13.7. The van der Waals surface area contributed by atoms with Gasteiger partial charge in [-0.2, -0.15) is 0 Å². The van der Waals surface area contributed by atoms with Crippen LogP contribution in [0.15, 0.2) is 16.6 Å². The maximum Gasteiger partial charge on any atom is 0.153 e. The van der Waals surface area contributed by atoms with Crippen molar-refractivity contribution in [3.05, 3.63) is 27.7 Å². The lowest BCUT2D eigenvalue weighted by atomic mass is 10.1. The topological polar surface area (TPSA) is 38.8 Å². The highest BCUT2D eigenvalue weighted by molar-refractivity contribution is 9.10. The van der Waals surface area contributed by atoms with Crippen LogP contribution in [-0.4, -0.2) is 50.6 Å². The smallest absolute Gasteiger partial charge is 0.153 e. The van der Waals surface area contributed by atoms with E-state index in [-0.39, 0.29) is 0 Å². The van der Waals surface area contributed by atoms with Crippen LogP contribution >= 0.6 is 15.9 Å². The summed E-state index contributed by atoms with van der Waals surface area (Å²) in [6.45, 7) is 6.86. The predicted molar refractivity (Wildman–Crippen MR) is 77.0 cm³/mol. The van der Waals surface area contributed by atoms with Gasteiger partial charge in [-0.1, -0.05) is 15.9 Å². The van der Waals surface area contributed by atoms with Gasteiger partial charge < -0.3 is 9.47 Å². The number of benzene rings is 1. The molecule has 0 aromatic heterocycles. The molecule has 5 heteroatoms. The van der Waals surface area contributed by atoms with Crippen molar-refractivity contribution in [2.24, 2.45) is 0 Å². The maximum absolute atomic E-state index is 11.1. The van der Waals surface area contributed by atoms with Gasteiger partial charge >= 0.3 is 0 Å². The highest BCUT2D eigenvalue weighted by Crippen LogP contribution is 2.26. The van der Waals surface area contributed by atoms with E-state index in [9.17, 15) is 4.79 Å². The summed E-state index contributed by atoms with van der Waals surface area (Å²) in [5, 5.41) is 0. The normalized spacial score (nSPS) is 16.3. The van der Waals surface area contributed by atoms with Crippen molar-refractivity contribution in [2.75, 3.05) is 39.5 Å². The van der Waals surface area contributed by atoms with Gasteiger partial charge in [-0.25, -0.2) is 0 Å². The van der Waals surface area contributed by atoms with Crippen LogP contribution in [0.1, 0.15) is 15.9 Å². The standard InChI is InChI=1S/C14H18BrNO3/c1-11-8-13(15)9-12(10-17)14(11)19-7-4-16-2-5-18-6-3-16/h8-10H,2-7H2,1H3. The first-order valence-corrected chi connectivity index (χ1v) is 7.18. The molecule has 0 aliphatic carbocycles. The van der Waals surface area contributed by atoms with Gasteiger partial charge in [-0.15, -0.1) is 0 Å². The van der Waals surface area contributed by atoms with Gasteiger partial charge in [-0.05, 0) is 24.6 Å². The summed E-state index contributed by atoms with van der Waals surface area (Å²) in [5.41, 5.74) is 1.56. The largest absolute Gasteiger partial charge is 0.491 e. The monoisotopic (exact) mass is 327 g/mol. The van der Waals surface area contributed by atoms with E-state index in [1.807, 2.05) is 13.0 Å². The van der Waals surface area contributed by atoms with Crippen molar-refractivity contribution >= 4 is 22.2 Å². The molecule has 0 amide bonds. The van der Waals surface area contributed by atoms with Gasteiger partial charge in [0.2, 0.25) is 0 Å². The summed E-state index contributed by atoms with van der Waals surface area (Å²) >= 11 is 3.38. The van der Waals surface area contributed by atoms with Gasteiger partial charge in [0.1, 0.15) is 12.4 Å². The van der Waals surface area contributed by atoms with Crippen molar-refractivity contribution in [3.8, 4) is 5.75 Å². The van der Waals surface area contributed by atoms with Gasteiger partial charge in [0.05, 0.1) is 18.8 Å². The van der Waals surface area contributed by atoms with Crippen LogP contribution in [-0.2, 0) is 4.74 Å². The first kappa shape index (κ1) is 14.5. The molecule has 1 aliphatic rings. The lowest BCUT2D eigenvalue weighted by Crippen LogP contribution is -2.38. The Bertz CT molecular complexity index is 445. The number of carbonyl (C=O) groups excluding carboxylic acids is 1. The number of halogens is 1. The zero-order valence-electron chi connectivity index (χ0n) is 11.0. The number of aldehydes is 1.